The lowest BCUT2D eigenvalue weighted by Crippen LogP contribution is -2.16. The average molecular weight is 281 g/mol. The summed E-state index contributed by atoms with van der Waals surface area (Å²) in [7, 11) is 1.29. The highest BCUT2D eigenvalue weighted by molar-refractivity contribution is 9.10. The number of amides is 1. The summed E-state index contributed by atoms with van der Waals surface area (Å²) in [6, 6.07) is 1.08. The fourth-order valence-electron chi connectivity index (χ4n) is 0.994. The Morgan fingerprint density at radius 1 is 1.67 bits per heavy atom. The van der Waals surface area contributed by atoms with Crippen LogP contribution in [0.15, 0.2) is 10.5 Å². The Balaban J connectivity index is 3.38. The molecule has 0 aliphatic carbocycles. The van der Waals surface area contributed by atoms with Crippen molar-refractivity contribution in [2.24, 2.45) is 5.73 Å². The van der Waals surface area contributed by atoms with Gasteiger partial charge < -0.3 is 10.5 Å². The molecular formula is C8H7BrF2N2O2. The van der Waals surface area contributed by atoms with Crippen molar-refractivity contribution in [3.8, 4) is 5.75 Å². The van der Waals surface area contributed by atoms with Crippen LogP contribution >= 0.6 is 15.9 Å². The third-order valence-electron chi connectivity index (χ3n) is 1.61. The monoisotopic (exact) mass is 280 g/mol. The third kappa shape index (κ3) is 2.41. The molecule has 82 valence electrons. The second kappa shape index (κ2) is 4.52. The number of ether oxygens (including phenoxy) is 1. The molecule has 1 aromatic rings. The zero-order chi connectivity index (χ0) is 11.6. The van der Waals surface area contributed by atoms with Crippen LogP contribution in [0.25, 0.3) is 0 Å². The van der Waals surface area contributed by atoms with Crippen LogP contribution in [0.4, 0.5) is 8.78 Å². The van der Waals surface area contributed by atoms with Gasteiger partial charge in [-0.05, 0) is 22.0 Å². The van der Waals surface area contributed by atoms with E-state index in [4.69, 9.17) is 10.5 Å². The third-order valence-corrected chi connectivity index (χ3v) is 2.20. The summed E-state index contributed by atoms with van der Waals surface area (Å²) < 4.78 is 29.7. The molecule has 2 N–H and O–H groups in total. The Morgan fingerprint density at radius 3 is 2.67 bits per heavy atom. The smallest absolute Gasteiger partial charge is 0.280 e. The van der Waals surface area contributed by atoms with Crippen molar-refractivity contribution in [2.75, 3.05) is 7.11 Å². The molecule has 0 aliphatic rings. The maximum absolute atomic E-state index is 12.3. The molecule has 1 amide bonds. The predicted molar refractivity (Wildman–Crippen MR) is 52.0 cm³/mol. The second-order valence-electron chi connectivity index (χ2n) is 2.58. The lowest BCUT2D eigenvalue weighted by molar-refractivity contribution is 0.0989. The van der Waals surface area contributed by atoms with E-state index in [0.29, 0.717) is 0 Å². The highest BCUT2D eigenvalue weighted by atomic mass is 79.9. The van der Waals surface area contributed by atoms with E-state index < -0.39 is 18.0 Å². The minimum absolute atomic E-state index is 0.0481. The van der Waals surface area contributed by atoms with Crippen LogP contribution in [0.5, 0.6) is 5.75 Å². The van der Waals surface area contributed by atoms with Gasteiger partial charge in [0.2, 0.25) is 0 Å². The summed E-state index contributed by atoms with van der Waals surface area (Å²) in [6.45, 7) is 0. The average Bonchev–Trinajstić information content (AvgIpc) is 2.16. The fraction of sp³-hybridized carbons (Fsp3) is 0.250. The molecule has 0 bridgehead atoms. The zero-order valence-corrected chi connectivity index (χ0v) is 9.22. The Morgan fingerprint density at radius 2 is 2.27 bits per heavy atom. The maximum Gasteiger partial charge on any atom is 0.280 e. The number of hydrogen-bond acceptors (Lipinski definition) is 3. The van der Waals surface area contributed by atoms with E-state index in [0.717, 1.165) is 6.07 Å². The Kier molecular flexibility index (Phi) is 3.57. The van der Waals surface area contributed by atoms with Crippen LogP contribution in [0.3, 0.4) is 0 Å². The predicted octanol–water partition coefficient (Wildman–Crippen LogP) is 1.89. The maximum atomic E-state index is 12.3. The molecule has 0 saturated heterocycles. The summed E-state index contributed by atoms with van der Waals surface area (Å²) in [6.07, 6.45) is -2.77. The lowest BCUT2D eigenvalue weighted by atomic mass is 10.2. The molecule has 4 nitrogen and oxygen atoms in total. The van der Waals surface area contributed by atoms with Crippen LogP contribution < -0.4 is 10.5 Å². The largest absolute Gasteiger partial charge is 0.493 e. The van der Waals surface area contributed by atoms with Crippen LogP contribution in [0.2, 0.25) is 0 Å². The van der Waals surface area contributed by atoms with Gasteiger partial charge in [0.05, 0.1) is 11.6 Å². The van der Waals surface area contributed by atoms with E-state index in [-0.39, 0.29) is 15.9 Å². The van der Waals surface area contributed by atoms with E-state index in [9.17, 15) is 13.6 Å². The standard InChI is InChI=1S/C8H7BrF2N2O2/c1-15-6-3(9)2-4(7(10)11)13-5(6)8(12)14/h2,7H,1H3,(H2,12,14). The van der Waals surface area contributed by atoms with Gasteiger partial charge in [0, 0.05) is 0 Å². The lowest BCUT2D eigenvalue weighted by Gasteiger charge is -2.09. The molecule has 0 fully saturated rings. The van der Waals surface area contributed by atoms with Crippen molar-refractivity contribution in [3.63, 3.8) is 0 Å². The zero-order valence-electron chi connectivity index (χ0n) is 7.63. The van der Waals surface area contributed by atoms with Crippen LogP contribution in [-0.4, -0.2) is 18.0 Å². The first-order valence-electron chi connectivity index (χ1n) is 3.79. The number of carbonyl (C=O) groups is 1. The molecule has 1 rings (SSSR count). The van der Waals surface area contributed by atoms with E-state index >= 15 is 0 Å². The van der Waals surface area contributed by atoms with Crippen molar-refractivity contribution in [3.05, 3.63) is 21.9 Å². The van der Waals surface area contributed by atoms with Crippen LogP contribution in [0, 0.1) is 0 Å². The highest BCUT2D eigenvalue weighted by Gasteiger charge is 2.19. The van der Waals surface area contributed by atoms with Crippen LogP contribution in [0.1, 0.15) is 22.6 Å². The Hall–Kier alpha value is -1.24. The fourth-order valence-corrected chi connectivity index (χ4v) is 1.58. The number of aromatic nitrogens is 1. The van der Waals surface area contributed by atoms with Gasteiger partial charge in [-0.3, -0.25) is 4.79 Å². The molecule has 0 aliphatic heterocycles. The number of primary amides is 1. The Labute approximate surface area is 92.6 Å². The summed E-state index contributed by atoms with van der Waals surface area (Å²) >= 11 is 2.99. The normalized spacial score (nSPS) is 10.5. The molecule has 7 heteroatoms. The number of methoxy groups -OCH3 is 1. The first-order chi connectivity index (χ1) is 6.97. The molecule has 0 aromatic carbocycles. The number of nitrogens with zero attached hydrogens (tertiary/aromatic N) is 1. The number of alkyl halides is 2. The van der Waals surface area contributed by atoms with Gasteiger partial charge in [0.1, 0.15) is 5.69 Å². The van der Waals surface area contributed by atoms with Crippen molar-refractivity contribution in [1.82, 2.24) is 4.98 Å². The van der Waals surface area contributed by atoms with Crippen molar-refractivity contribution in [2.45, 2.75) is 6.43 Å². The molecule has 1 heterocycles. The number of hydrogen-bond donors (Lipinski definition) is 1. The molecule has 0 unspecified atom stereocenters. The molecular weight excluding hydrogens is 274 g/mol. The molecule has 1 aromatic heterocycles. The highest BCUT2D eigenvalue weighted by Crippen LogP contribution is 2.31. The van der Waals surface area contributed by atoms with Crippen LogP contribution in [-0.2, 0) is 0 Å². The van der Waals surface area contributed by atoms with Gasteiger partial charge in [0.15, 0.2) is 11.4 Å². The number of pyridine rings is 1. The van der Waals surface area contributed by atoms with Crippen molar-refractivity contribution < 1.29 is 18.3 Å². The Bertz CT molecular complexity index is 398. The SMILES string of the molecule is COc1c(Br)cc(C(F)F)nc1C(N)=O. The summed E-state index contributed by atoms with van der Waals surface area (Å²) in [5, 5.41) is 0. The minimum Gasteiger partial charge on any atom is -0.493 e. The van der Waals surface area contributed by atoms with Gasteiger partial charge in [0.25, 0.3) is 12.3 Å². The van der Waals surface area contributed by atoms with Crippen molar-refractivity contribution >= 4 is 21.8 Å². The van der Waals surface area contributed by atoms with Gasteiger partial charge in [-0.15, -0.1) is 0 Å². The summed E-state index contributed by atoms with van der Waals surface area (Å²) in [5.41, 5.74) is 4.13. The first kappa shape index (κ1) is 11.8. The van der Waals surface area contributed by atoms with E-state index in [1.807, 2.05) is 0 Å². The summed E-state index contributed by atoms with van der Waals surface area (Å²) in [5.74, 6) is -0.873. The molecule has 0 spiro atoms. The number of carbonyl (C=O) groups excluding carboxylic acids is 1. The molecule has 0 radical (unpaired) electrons. The minimum atomic E-state index is -2.77. The van der Waals surface area contributed by atoms with Gasteiger partial charge in [-0.25, -0.2) is 13.8 Å². The van der Waals surface area contributed by atoms with E-state index in [1.54, 1.807) is 0 Å². The quantitative estimate of drug-likeness (QED) is 0.920. The summed E-state index contributed by atoms with van der Waals surface area (Å²) in [4.78, 5) is 14.3. The molecule has 0 saturated carbocycles. The number of nitrogens with two attached hydrogens (primary N) is 1. The topological polar surface area (TPSA) is 65.2 Å². The van der Waals surface area contributed by atoms with E-state index in [2.05, 4.69) is 20.9 Å². The number of rotatable bonds is 3. The molecule has 15 heavy (non-hydrogen) atoms. The molecule has 0 atom stereocenters. The van der Waals surface area contributed by atoms with Gasteiger partial charge in [-0.1, -0.05) is 0 Å². The van der Waals surface area contributed by atoms with Crippen molar-refractivity contribution in [1.29, 1.82) is 0 Å². The first-order valence-corrected chi connectivity index (χ1v) is 4.59. The number of halogens is 3. The second-order valence-corrected chi connectivity index (χ2v) is 3.43. The van der Waals surface area contributed by atoms with Gasteiger partial charge >= 0.3 is 0 Å². The van der Waals surface area contributed by atoms with E-state index in [1.165, 1.54) is 7.11 Å². The van der Waals surface area contributed by atoms with Gasteiger partial charge in [-0.2, -0.15) is 0 Å².